The number of aliphatic carboxylic acids is 1. The van der Waals surface area contributed by atoms with Crippen LogP contribution in [0.25, 0.3) is 0 Å². The van der Waals surface area contributed by atoms with E-state index in [1.54, 1.807) is 6.07 Å². The molecule has 0 amide bonds. The molecule has 2 aromatic carbocycles. The Morgan fingerprint density at radius 2 is 1.94 bits per heavy atom. The van der Waals surface area contributed by atoms with Crippen LogP contribution in [0.3, 0.4) is 0 Å². The zero-order chi connectivity index (χ0) is 25.9. The second-order valence-electron chi connectivity index (χ2n) is 9.45. The van der Waals surface area contributed by atoms with Gasteiger partial charge in [0.25, 0.3) is 0 Å². The predicted octanol–water partition coefficient (Wildman–Crippen LogP) is 7.45. The first-order valence-electron chi connectivity index (χ1n) is 11.8. The van der Waals surface area contributed by atoms with Crippen molar-refractivity contribution < 1.29 is 28.1 Å². The number of thioether (sulfide) groups is 1. The van der Waals surface area contributed by atoms with Gasteiger partial charge in [0.05, 0.1) is 15.5 Å². The molecule has 3 rings (SSSR count). The molecule has 0 aromatic heterocycles. The predicted molar refractivity (Wildman–Crippen MR) is 143 cm³/mol. The van der Waals surface area contributed by atoms with E-state index in [0.29, 0.717) is 22.0 Å². The number of rotatable bonds is 10. The molecule has 9 heteroatoms. The Balaban J connectivity index is 2.17. The molecule has 1 aliphatic rings. The normalized spacial score (nSPS) is 22.0. The first-order chi connectivity index (χ1) is 16.5. The number of carbonyl (C=O) groups is 1. The van der Waals surface area contributed by atoms with E-state index in [1.807, 2.05) is 42.7 Å². The van der Waals surface area contributed by atoms with Crippen LogP contribution >= 0.6 is 22.4 Å². The minimum Gasteiger partial charge on any atom is -0.488 e. The van der Waals surface area contributed by atoms with Crippen molar-refractivity contribution >= 4 is 39.7 Å². The molecule has 1 aliphatic heterocycles. The fourth-order valence-electron chi connectivity index (χ4n) is 4.45. The Morgan fingerprint density at radius 3 is 2.51 bits per heavy atom. The van der Waals surface area contributed by atoms with Crippen LogP contribution in [-0.4, -0.2) is 51.0 Å². The van der Waals surface area contributed by atoms with Gasteiger partial charge in [-0.05, 0) is 44.2 Å². The molecule has 0 bridgehead atoms. The van der Waals surface area contributed by atoms with E-state index >= 15 is 0 Å². The second-order valence-corrected chi connectivity index (χ2v) is 12.4. The number of carboxylic acids is 1. The number of fused-ring (bicyclic) bond motifs is 1. The van der Waals surface area contributed by atoms with Gasteiger partial charge in [0.15, 0.2) is 0 Å². The lowest BCUT2D eigenvalue weighted by Gasteiger charge is -2.41. The number of anilines is 2. The lowest BCUT2D eigenvalue weighted by atomic mass is 9.81. The highest BCUT2D eigenvalue weighted by Gasteiger charge is 2.42. The Hall–Kier alpha value is -1.94. The van der Waals surface area contributed by atoms with Gasteiger partial charge in [-0.1, -0.05) is 44.9 Å². The van der Waals surface area contributed by atoms with Crippen LogP contribution < -0.4 is 9.64 Å². The minimum atomic E-state index is -3.23. The molecule has 0 radical (unpaired) electrons. The maximum Gasteiger partial charge on any atom is 0.344 e. The van der Waals surface area contributed by atoms with Crippen LogP contribution in [0.15, 0.2) is 52.3 Å². The van der Waals surface area contributed by atoms with E-state index in [-0.39, 0.29) is 16.9 Å². The maximum atomic E-state index is 14.4. The van der Waals surface area contributed by atoms with E-state index in [0.717, 1.165) is 38.3 Å². The van der Waals surface area contributed by atoms with Crippen LogP contribution in [-0.2, 0) is 4.79 Å². The van der Waals surface area contributed by atoms with E-state index in [1.165, 1.54) is 11.8 Å². The summed E-state index contributed by atoms with van der Waals surface area (Å²) in [7, 11) is -3.23. The largest absolute Gasteiger partial charge is 0.488 e. The van der Waals surface area contributed by atoms with E-state index in [2.05, 4.69) is 18.7 Å². The summed E-state index contributed by atoms with van der Waals surface area (Å²) in [6, 6.07) is 13.3. The average Bonchev–Trinajstić information content (AvgIpc) is 2.93. The molecule has 0 saturated heterocycles. The third kappa shape index (κ3) is 6.07. The van der Waals surface area contributed by atoms with Gasteiger partial charge < -0.3 is 14.7 Å². The SMILES string of the molecule is CCCCC1(CC)CN(c2ccccc2)c2cc(SC)c(OCC(C)(F)C(=O)O)cc2S(O)(O)C1. The lowest BCUT2D eigenvalue weighted by Crippen LogP contribution is -2.37. The topological polar surface area (TPSA) is 90.2 Å². The lowest BCUT2D eigenvalue weighted by molar-refractivity contribution is -0.151. The summed E-state index contributed by atoms with van der Waals surface area (Å²) in [6.45, 7) is 5.12. The first-order valence-corrected chi connectivity index (χ1v) is 14.8. The number of carboxylic acid groups (broad SMARTS) is 1. The molecule has 0 spiro atoms. The summed E-state index contributed by atoms with van der Waals surface area (Å²) in [5.41, 5.74) is -1.26. The van der Waals surface area contributed by atoms with Crippen LogP contribution in [0.5, 0.6) is 5.75 Å². The van der Waals surface area contributed by atoms with Crippen LogP contribution in [0, 0.1) is 5.41 Å². The molecular weight excluding hydrogens is 489 g/mol. The van der Waals surface area contributed by atoms with Crippen molar-refractivity contribution in [1.82, 2.24) is 0 Å². The first kappa shape index (κ1) is 27.6. The fourth-order valence-corrected chi connectivity index (χ4v) is 7.25. The summed E-state index contributed by atoms with van der Waals surface area (Å²) in [5, 5.41) is 9.13. The average molecular weight is 526 g/mol. The Bertz CT molecular complexity index is 1030. The molecule has 2 unspecified atom stereocenters. The van der Waals surface area contributed by atoms with Crippen molar-refractivity contribution in [2.75, 3.05) is 30.1 Å². The van der Waals surface area contributed by atoms with Crippen molar-refractivity contribution in [2.45, 2.75) is 61.9 Å². The molecule has 6 nitrogen and oxygen atoms in total. The van der Waals surface area contributed by atoms with Gasteiger partial charge in [0.2, 0.25) is 5.67 Å². The molecule has 0 aliphatic carbocycles. The highest BCUT2D eigenvalue weighted by Crippen LogP contribution is 2.62. The highest BCUT2D eigenvalue weighted by atomic mass is 32.3. The van der Waals surface area contributed by atoms with Crippen LogP contribution in [0.2, 0.25) is 0 Å². The number of hydrogen-bond donors (Lipinski definition) is 3. The summed E-state index contributed by atoms with van der Waals surface area (Å²) in [6.07, 6.45) is 5.50. The monoisotopic (exact) mass is 525 g/mol. The third-order valence-electron chi connectivity index (χ3n) is 6.71. The van der Waals surface area contributed by atoms with Crippen LogP contribution in [0.4, 0.5) is 15.8 Å². The zero-order valence-corrected chi connectivity index (χ0v) is 22.4. The van der Waals surface area contributed by atoms with Gasteiger partial charge in [-0.25, -0.2) is 9.18 Å². The Labute approximate surface area is 213 Å². The van der Waals surface area contributed by atoms with E-state index < -0.39 is 28.8 Å². The van der Waals surface area contributed by atoms with Crippen molar-refractivity contribution in [3.63, 3.8) is 0 Å². The molecule has 0 saturated carbocycles. The number of benzene rings is 2. The molecule has 2 atom stereocenters. The van der Waals surface area contributed by atoms with Gasteiger partial charge >= 0.3 is 5.97 Å². The van der Waals surface area contributed by atoms with E-state index in [9.17, 15) is 18.3 Å². The molecule has 35 heavy (non-hydrogen) atoms. The smallest absolute Gasteiger partial charge is 0.344 e. The highest BCUT2D eigenvalue weighted by molar-refractivity contribution is 8.24. The fraction of sp³-hybridized carbons (Fsp3) is 0.500. The van der Waals surface area contributed by atoms with Crippen molar-refractivity contribution in [3.05, 3.63) is 42.5 Å². The standard InChI is InChI=1S/C26H36FNO5S2/c1-5-7-13-26(6-2)16-28(19-11-9-8-10-12-19)20-14-22(34-4)21(15-23(20)35(31,32)18-26)33-17-25(3,27)24(29)30/h8-12,14-15,31-32H,5-7,13,16-18H2,1-4H3,(H,29,30). The number of unbranched alkanes of at least 4 members (excludes halogenated alkanes) is 1. The minimum absolute atomic E-state index is 0.223. The molecular formula is C26H36FNO5S2. The maximum absolute atomic E-state index is 14.4. The summed E-state index contributed by atoms with van der Waals surface area (Å²) in [4.78, 5) is 14.4. The van der Waals surface area contributed by atoms with Crippen LogP contribution in [0.1, 0.15) is 46.5 Å². The number of nitrogens with zero attached hydrogens (tertiary/aromatic N) is 1. The van der Waals surface area contributed by atoms with Gasteiger partial charge in [0, 0.05) is 29.5 Å². The van der Waals surface area contributed by atoms with Gasteiger partial charge in [-0.2, -0.15) is 10.6 Å². The summed E-state index contributed by atoms with van der Waals surface area (Å²) >= 11 is 1.38. The van der Waals surface area contributed by atoms with Crippen molar-refractivity contribution in [1.29, 1.82) is 0 Å². The number of ether oxygens (including phenoxy) is 1. The Morgan fingerprint density at radius 1 is 1.26 bits per heavy atom. The summed E-state index contributed by atoms with van der Waals surface area (Å²) < 4.78 is 43.1. The number of hydrogen-bond acceptors (Lipinski definition) is 6. The van der Waals surface area contributed by atoms with Gasteiger partial charge in [-0.15, -0.1) is 11.8 Å². The third-order valence-corrected chi connectivity index (χ3v) is 9.52. The van der Waals surface area contributed by atoms with E-state index in [4.69, 9.17) is 9.84 Å². The van der Waals surface area contributed by atoms with Gasteiger partial charge in [-0.3, -0.25) is 9.11 Å². The zero-order valence-electron chi connectivity index (χ0n) is 20.8. The van der Waals surface area contributed by atoms with Crippen molar-refractivity contribution in [3.8, 4) is 5.75 Å². The molecule has 2 aromatic rings. The number of para-hydroxylation sites is 1. The van der Waals surface area contributed by atoms with Crippen molar-refractivity contribution in [2.24, 2.45) is 5.41 Å². The summed E-state index contributed by atoms with van der Waals surface area (Å²) in [5.74, 6) is -1.14. The molecule has 3 N–H and O–H groups in total. The van der Waals surface area contributed by atoms with Gasteiger partial charge in [0.1, 0.15) is 12.4 Å². The quantitative estimate of drug-likeness (QED) is 0.278. The second kappa shape index (κ2) is 11.0. The number of alkyl halides is 1. The molecule has 194 valence electrons. The molecule has 1 heterocycles. The molecule has 0 fully saturated rings. The number of halogens is 1. The Kier molecular flexibility index (Phi) is 8.68.